The van der Waals surface area contributed by atoms with Gasteiger partial charge in [0.25, 0.3) is 5.56 Å². The van der Waals surface area contributed by atoms with Crippen molar-refractivity contribution < 1.29 is 28.5 Å². The van der Waals surface area contributed by atoms with E-state index in [9.17, 15) is 14.4 Å². The van der Waals surface area contributed by atoms with Crippen LogP contribution in [0.2, 0.25) is 0 Å². The number of benzene rings is 3. The Morgan fingerprint density at radius 1 is 1.02 bits per heavy atom. The highest BCUT2D eigenvalue weighted by Crippen LogP contribution is 2.37. The van der Waals surface area contributed by atoms with Crippen LogP contribution in [0.1, 0.15) is 31.0 Å². The van der Waals surface area contributed by atoms with Crippen molar-refractivity contribution in [2.75, 3.05) is 20.8 Å². The lowest BCUT2D eigenvalue weighted by atomic mass is 9.95. The Hall–Kier alpha value is -5.53. The Morgan fingerprint density at radius 2 is 1.76 bits per heavy atom. The Labute approximate surface area is 299 Å². The standard InChI is InChI=1S/C37H31BrN4O7S/c1-6-16-48-36(45)32-21(2)39-37-42(34(32)24-13-15-29(49-22(3)43)30(18-24)47-5)35(44)31(50-37)19-25-20-41(26-10-8-7-9-11-26)40-33(25)23-12-14-28(46-4)27(38)17-23/h6-15,17-20,34H,1,16H2,2-5H3/b31-19-. The van der Waals surface area contributed by atoms with E-state index in [2.05, 4.69) is 22.5 Å². The van der Waals surface area contributed by atoms with Gasteiger partial charge in [0.1, 0.15) is 18.1 Å². The number of para-hydroxylation sites is 1. The molecular weight excluding hydrogens is 724 g/mol. The highest BCUT2D eigenvalue weighted by atomic mass is 79.9. The second-order valence-electron chi connectivity index (χ2n) is 11.0. The van der Waals surface area contributed by atoms with E-state index in [0.717, 1.165) is 15.7 Å². The summed E-state index contributed by atoms with van der Waals surface area (Å²) < 4.78 is 26.1. The molecule has 3 heterocycles. The lowest BCUT2D eigenvalue weighted by Gasteiger charge is -2.25. The number of carbonyl (C=O) groups is 2. The van der Waals surface area contributed by atoms with Crippen molar-refractivity contribution in [2.24, 2.45) is 4.99 Å². The zero-order chi connectivity index (χ0) is 35.5. The largest absolute Gasteiger partial charge is 0.496 e. The average molecular weight is 756 g/mol. The first kappa shape index (κ1) is 34.3. The molecule has 0 radical (unpaired) electrons. The lowest BCUT2D eigenvalue weighted by molar-refractivity contribution is -0.138. The van der Waals surface area contributed by atoms with Crippen LogP contribution in [0.15, 0.2) is 111 Å². The molecule has 1 aliphatic rings. The fourth-order valence-electron chi connectivity index (χ4n) is 5.59. The fourth-order valence-corrected chi connectivity index (χ4v) is 7.17. The summed E-state index contributed by atoms with van der Waals surface area (Å²) in [6.07, 6.45) is 5.10. The van der Waals surface area contributed by atoms with Gasteiger partial charge < -0.3 is 18.9 Å². The van der Waals surface area contributed by atoms with Crippen LogP contribution in [0, 0.1) is 0 Å². The molecule has 0 spiro atoms. The van der Waals surface area contributed by atoms with Gasteiger partial charge in [-0.15, -0.1) is 0 Å². The first-order chi connectivity index (χ1) is 24.1. The number of carbonyl (C=O) groups excluding carboxylic acids is 2. The SMILES string of the molecule is C=CCOC(=O)C1=C(C)N=c2s/c(=C\c3cn(-c4ccccc4)nc3-c3ccc(OC)c(Br)c3)c(=O)n2C1c1ccc(OC(C)=O)c(OC)c1. The van der Waals surface area contributed by atoms with E-state index in [1.807, 2.05) is 54.7 Å². The summed E-state index contributed by atoms with van der Waals surface area (Å²) in [7, 11) is 3.03. The Morgan fingerprint density at radius 3 is 2.44 bits per heavy atom. The summed E-state index contributed by atoms with van der Waals surface area (Å²) in [5, 5.41) is 4.91. The molecule has 3 aromatic carbocycles. The number of rotatable bonds is 10. The van der Waals surface area contributed by atoms with Crippen LogP contribution in [0.4, 0.5) is 0 Å². The third kappa shape index (κ3) is 6.69. The average Bonchev–Trinajstić information content (AvgIpc) is 3.67. The fraction of sp³-hybridized carbons (Fsp3) is 0.162. The number of halogens is 1. The molecule has 13 heteroatoms. The van der Waals surface area contributed by atoms with Crippen molar-refractivity contribution in [3.63, 3.8) is 0 Å². The van der Waals surface area contributed by atoms with E-state index >= 15 is 0 Å². The topological polar surface area (TPSA) is 123 Å². The van der Waals surface area contributed by atoms with Crippen LogP contribution in [0.5, 0.6) is 17.2 Å². The number of methoxy groups -OCH3 is 2. The van der Waals surface area contributed by atoms with Crippen molar-refractivity contribution in [1.82, 2.24) is 14.3 Å². The molecule has 254 valence electrons. The molecule has 0 amide bonds. The number of aromatic nitrogens is 3. The van der Waals surface area contributed by atoms with Gasteiger partial charge in [-0.3, -0.25) is 14.2 Å². The monoisotopic (exact) mass is 754 g/mol. The lowest BCUT2D eigenvalue weighted by Crippen LogP contribution is -2.40. The molecule has 1 unspecified atom stereocenters. The van der Waals surface area contributed by atoms with E-state index in [1.165, 1.54) is 36.0 Å². The molecule has 5 aromatic rings. The second kappa shape index (κ2) is 14.5. The van der Waals surface area contributed by atoms with Crippen LogP contribution in [-0.4, -0.2) is 47.1 Å². The van der Waals surface area contributed by atoms with Gasteiger partial charge in [-0.25, -0.2) is 14.5 Å². The summed E-state index contributed by atoms with van der Waals surface area (Å²) in [6, 6.07) is 19.2. The molecule has 0 fully saturated rings. The zero-order valence-corrected chi connectivity index (χ0v) is 29.9. The third-order valence-corrected chi connectivity index (χ3v) is 9.41. The number of fused-ring (bicyclic) bond motifs is 1. The zero-order valence-electron chi connectivity index (χ0n) is 27.5. The first-order valence-electron chi connectivity index (χ1n) is 15.3. The van der Waals surface area contributed by atoms with E-state index < -0.39 is 18.0 Å². The van der Waals surface area contributed by atoms with Crippen molar-refractivity contribution in [3.05, 3.63) is 132 Å². The highest BCUT2D eigenvalue weighted by molar-refractivity contribution is 9.10. The van der Waals surface area contributed by atoms with Crippen molar-refractivity contribution in [1.29, 1.82) is 0 Å². The van der Waals surface area contributed by atoms with Crippen LogP contribution in [-0.2, 0) is 14.3 Å². The maximum absolute atomic E-state index is 14.5. The number of esters is 2. The first-order valence-corrected chi connectivity index (χ1v) is 16.9. The molecule has 11 nitrogen and oxygen atoms in total. The molecule has 0 saturated carbocycles. The molecule has 2 aromatic heterocycles. The number of nitrogens with zero attached hydrogens (tertiary/aromatic N) is 4. The van der Waals surface area contributed by atoms with Gasteiger partial charge in [-0.1, -0.05) is 48.3 Å². The van der Waals surface area contributed by atoms with Crippen molar-refractivity contribution in [2.45, 2.75) is 19.9 Å². The van der Waals surface area contributed by atoms with Crippen LogP contribution in [0.25, 0.3) is 23.0 Å². The predicted octanol–water partition coefficient (Wildman–Crippen LogP) is 5.52. The quantitative estimate of drug-likeness (QED) is 0.104. The second-order valence-corrected chi connectivity index (χ2v) is 12.9. The van der Waals surface area contributed by atoms with E-state index in [-0.39, 0.29) is 29.2 Å². The molecule has 0 saturated heterocycles. The number of hydrogen-bond donors (Lipinski definition) is 0. The van der Waals surface area contributed by atoms with Gasteiger partial charge in [-0.2, -0.15) is 5.10 Å². The normalized spacial score (nSPS) is 14.1. The molecule has 0 bridgehead atoms. The number of hydrogen-bond acceptors (Lipinski definition) is 10. The maximum atomic E-state index is 14.5. The van der Waals surface area contributed by atoms with E-state index in [0.29, 0.717) is 37.6 Å². The number of allylic oxidation sites excluding steroid dienone is 1. The highest BCUT2D eigenvalue weighted by Gasteiger charge is 2.34. The molecule has 50 heavy (non-hydrogen) atoms. The van der Waals surface area contributed by atoms with Gasteiger partial charge in [0.15, 0.2) is 16.3 Å². The molecular formula is C37H31BrN4O7S. The maximum Gasteiger partial charge on any atom is 0.338 e. The van der Waals surface area contributed by atoms with Gasteiger partial charge in [0.2, 0.25) is 0 Å². The number of ether oxygens (including phenoxy) is 4. The number of thiazole rings is 1. The van der Waals surface area contributed by atoms with E-state index in [1.54, 1.807) is 43.0 Å². The van der Waals surface area contributed by atoms with Gasteiger partial charge in [0.05, 0.1) is 46.2 Å². The van der Waals surface area contributed by atoms with Gasteiger partial charge >= 0.3 is 11.9 Å². The Bertz CT molecular complexity index is 2360. The summed E-state index contributed by atoms with van der Waals surface area (Å²) >= 11 is 4.77. The van der Waals surface area contributed by atoms with Crippen LogP contribution < -0.4 is 29.1 Å². The van der Waals surface area contributed by atoms with E-state index in [4.69, 9.17) is 29.0 Å². The summed E-state index contributed by atoms with van der Waals surface area (Å²) in [5.41, 5.74) is 3.66. The summed E-state index contributed by atoms with van der Waals surface area (Å²) in [4.78, 5) is 44.8. The summed E-state index contributed by atoms with van der Waals surface area (Å²) in [6.45, 7) is 6.59. The minimum atomic E-state index is -0.935. The molecule has 1 aliphatic heterocycles. The van der Waals surface area contributed by atoms with Gasteiger partial charge in [0, 0.05) is 24.2 Å². The Kier molecular flexibility index (Phi) is 9.98. The minimum Gasteiger partial charge on any atom is -0.496 e. The molecule has 0 N–H and O–H groups in total. The minimum absolute atomic E-state index is 0.0306. The molecule has 6 rings (SSSR count). The molecule has 0 aliphatic carbocycles. The van der Waals surface area contributed by atoms with Crippen molar-refractivity contribution >= 4 is 45.3 Å². The third-order valence-electron chi connectivity index (χ3n) is 7.81. The van der Waals surface area contributed by atoms with Crippen molar-refractivity contribution in [3.8, 4) is 34.2 Å². The molecule has 1 atom stereocenters. The summed E-state index contributed by atoms with van der Waals surface area (Å²) in [5.74, 6) is -0.0607. The van der Waals surface area contributed by atoms with Crippen LogP contribution >= 0.6 is 27.3 Å². The van der Waals surface area contributed by atoms with Crippen LogP contribution in [0.3, 0.4) is 0 Å². The Balaban J connectivity index is 1.56. The predicted molar refractivity (Wildman–Crippen MR) is 192 cm³/mol. The smallest absolute Gasteiger partial charge is 0.338 e. The van der Waals surface area contributed by atoms with Gasteiger partial charge in [-0.05, 0) is 77.0 Å².